The lowest BCUT2D eigenvalue weighted by atomic mass is 9.80. The monoisotopic (exact) mass is 298 g/mol. The van der Waals surface area contributed by atoms with Gasteiger partial charge >= 0.3 is 0 Å². The van der Waals surface area contributed by atoms with E-state index in [4.69, 9.17) is 11.6 Å². The third kappa shape index (κ3) is 1.91. The third-order valence-corrected chi connectivity index (χ3v) is 5.42. The Hall–Kier alpha value is -1.47. The molecule has 0 amide bonds. The maximum atomic E-state index is 10.5. The Morgan fingerprint density at radius 1 is 1.19 bits per heavy atom. The average molecular weight is 299 g/mol. The van der Waals surface area contributed by atoms with Crippen molar-refractivity contribution in [1.82, 2.24) is 0 Å². The van der Waals surface area contributed by atoms with E-state index in [2.05, 4.69) is 25.1 Å². The van der Waals surface area contributed by atoms with Crippen molar-refractivity contribution in [1.29, 1.82) is 0 Å². The molecule has 0 radical (unpaired) electrons. The number of benzene rings is 2. The van der Waals surface area contributed by atoms with E-state index in [1.54, 1.807) is 0 Å². The van der Waals surface area contributed by atoms with Gasteiger partial charge in [0.25, 0.3) is 0 Å². The van der Waals surface area contributed by atoms with Gasteiger partial charge in [-0.1, -0.05) is 42.8 Å². The molecule has 1 N–H and O–H groups in total. The predicted octanol–water partition coefficient (Wildman–Crippen LogP) is 5.28. The van der Waals surface area contributed by atoms with E-state index < -0.39 is 0 Å². The van der Waals surface area contributed by atoms with Crippen LogP contribution in [-0.2, 0) is 19.3 Å². The summed E-state index contributed by atoms with van der Waals surface area (Å²) in [5.41, 5.74) is 4.95. The van der Waals surface area contributed by atoms with Crippen LogP contribution < -0.4 is 0 Å². The number of phenolic OH excluding ortho intramolecular Hbond substituents is 1. The minimum absolute atomic E-state index is 0.266. The summed E-state index contributed by atoms with van der Waals surface area (Å²) in [6, 6.07) is 4.49. The predicted molar refractivity (Wildman–Crippen MR) is 89.2 cm³/mol. The van der Waals surface area contributed by atoms with Gasteiger partial charge in [0.05, 0.1) is 5.02 Å². The standard InChI is InChI=1S/C19H19ClO/c1-11-6-7-12-8-9-14-13-4-2-3-5-15(13)19(21)18(20)17(14)16(12)10-11/h3,5,8-9,11,21H,2,4,6-7,10H2,1H3. The first kappa shape index (κ1) is 13.2. The van der Waals surface area contributed by atoms with Crippen LogP contribution in [-0.4, -0.2) is 5.11 Å². The Morgan fingerprint density at radius 3 is 2.90 bits per heavy atom. The van der Waals surface area contributed by atoms with Crippen LogP contribution in [0, 0.1) is 5.92 Å². The second-order valence-corrected chi connectivity index (χ2v) is 6.85. The first-order chi connectivity index (χ1) is 10.2. The van der Waals surface area contributed by atoms with Crippen molar-refractivity contribution in [2.45, 2.75) is 39.0 Å². The summed E-state index contributed by atoms with van der Waals surface area (Å²) >= 11 is 6.56. The Labute approximate surface area is 130 Å². The molecule has 0 saturated carbocycles. The molecule has 2 aromatic carbocycles. The van der Waals surface area contributed by atoms with Gasteiger partial charge in [-0.15, -0.1) is 0 Å². The fourth-order valence-electron chi connectivity index (χ4n) is 3.92. The van der Waals surface area contributed by atoms with E-state index in [9.17, 15) is 5.11 Å². The molecule has 0 saturated heterocycles. The summed E-state index contributed by atoms with van der Waals surface area (Å²) < 4.78 is 0. The zero-order chi connectivity index (χ0) is 14.6. The molecule has 21 heavy (non-hydrogen) atoms. The molecule has 0 bridgehead atoms. The minimum Gasteiger partial charge on any atom is -0.506 e. The summed E-state index contributed by atoms with van der Waals surface area (Å²) in [6.07, 6.45) is 9.60. The van der Waals surface area contributed by atoms with Crippen LogP contribution in [0.1, 0.15) is 42.0 Å². The minimum atomic E-state index is 0.266. The van der Waals surface area contributed by atoms with E-state index in [-0.39, 0.29) is 5.75 Å². The molecule has 0 aromatic heterocycles. The lowest BCUT2D eigenvalue weighted by Crippen LogP contribution is -2.12. The fraction of sp³-hybridized carbons (Fsp3) is 0.368. The molecule has 0 heterocycles. The van der Waals surface area contributed by atoms with Crippen LogP contribution in [0.4, 0.5) is 0 Å². The van der Waals surface area contributed by atoms with Crippen molar-refractivity contribution in [2.24, 2.45) is 5.92 Å². The van der Waals surface area contributed by atoms with Crippen LogP contribution in [0.15, 0.2) is 18.2 Å². The molecule has 2 heteroatoms. The molecule has 1 atom stereocenters. The number of aromatic hydroxyl groups is 1. The molecule has 1 nitrogen and oxygen atoms in total. The van der Waals surface area contributed by atoms with E-state index >= 15 is 0 Å². The number of hydrogen-bond donors (Lipinski definition) is 1. The van der Waals surface area contributed by atoms with Gasteiger partial charge in [-0.2, -0.15) is 0 Å². The second kappa shape index (κ2) is 4.78. The highest BCUT2D eigenvalue weighted by Gasteiger charge is 2.24. The van der Waals surface area contributed by atoms with Gasteiger partial charge in [0.1, 0.15) is 5.75 Å². The summed E-state index contributed by atoms with van der Waals surface area (Å²) in [4.78, 5) is 0. The fourth-order valence-corrected chi connectivity index (χ4v) is 4.23. The van der Waals surface area contributed by atoms with Crippen LogP contribution in [0.5, 0.6) is 5.75 Å². The Kier molecular flexibility index (Phi) is 3.00. The summed E-state index contributed by atoms with van der Waals surface area (Å²) in [5.74, 6) is 0.957. The van der Waals surface area contributed by atoms with Gasteiger partial charge < -0.3 is 5.11 Å². The molecular weight excluding hydrogens is 280 g/mol. The quantitative estimate of drug-likeness (QED) is 0.701. The van der Waals surface area contributed by atoms with Crippen LogP contribution in [0.3, 0.4) is 0 Å². The lowest BCUT2D eigenvalue weighted by Gasteiger charge is -2.26. The molecule has 2 aliphatic carbocycles. The van der Waals surface area contributed by atoms with Crippen LogP contribution in [0.25, 0.3) is 16.8 Å². The number of rotatable bonds is 0. The molecule has 0 fully saturated rings. The van der Waals surface area contributed by atoms with Crippen molar-refractivity contribution in [2.75, 3.05) is 0 Å². The van der Waals surface area contributed by atoms with Gasteiger partial charge in [-0.25, -0.2) is 0 Å². The number of aryl methyl sites for hydroxylation is 2. The molecular formula is C19H19ClO. The topological polar surface area (TPSA) is 20.2 Å². The highest BCUT2D eigenvalue weighted by Crippen LogP contribution is 2.45. The molecule has 4 rings (SSSR count). The van der Waals surface area contributed by atoms with E-state index in [1.807, 2.05) is 6.08 Å². The number of phenols is 1. The number of fused-ring (bicyclic) bond motifs is 5. The van der Waals surface area contributed by atoms with Crippen molar-refractivity contribution >= 4 is 28.4 Å². The molecule has 2 aliphatic rings. The molecule has 108 valence electrons. The maximum absolute atomic E-state index is 10.5. The molecule has 0 aliphatic heterocycles. The van der Waals surface area contributed by atoms with Crippen molar-refractivity contribution < 1.29 is 5.11 Å². The number of allylic oxidation sites excluding steroid dienone is 1. The number of halogens is 1. The molecule has 1 unspecified atom stereocenters. The molecule has 0 spiro atoms. The van der Waals surface area contributed by atoms with Gasteiger partial charge in [-0.05, 0) is 60.1 Å². The van der Waals surface area contributed by atoms with Crippen molar-refractivity contribution in [3.05, 3.63) is 45.5 Å². The van der Waals surface area contributed by atoms with Gasteiger partial charge in [0, 0.05) is 10.9 Å². The first-order valence-electron chi connectivity index (χ1n) is 7.81. The Balaban J connectivity index is 2.11. The van der Waals surface area contributed by atoms with Crippen LogP contribution in [0.2, 0.25) is 5.02 Å². The largest absolute Gasteiger partial charge is 0.506 e. The Bertz CT molecular complexity index is 773. The second-order valence-electron chi connectivity index (χ2n) is 6.47. The van der Waals surface area contributed by atoms with Crippen molar-refractivity contribution in [3.63, 3.8) is 0 Å². The normalized spacial score (nSPS) is 20.4. The highest BCUT2D eigenvalue weighted by molar-refractivity contribution is 6.38. The lowest BCUT2D eigenvalue weighted by molar-refractivity contribution is 0.473. The maximum Gasteiger partial charge on any atom is 0.142 e. The van der Waals surface area contributed by atoms with Gasteiger partial charge in [0.2, 0.25) is 0 Å². The summed E-state index contributed by atoms with van der Waals surface area (Å²) in [6.45, 7) is 2.30. The van der Waals surface area contributed by atoms with E-state index in [0.29, 0.717) is 10.9 Å². The van der Waals surface area contributed by atoms with E-state index in [0.717, 1.165) is 36.6 Å². The zero-order valence-electron chi connectivity index (χ0n) is 12.2. The average Bonchev–Trinajstić information content (AvgIpc) is 2.51. The van der Waals surface area contributed by atoms with Gasteiger partial charge in [-0.3, -0.25) is 0 Å². The SMILES string of the molecule is CC1CCc2ccc3c4c(c(O)c(Cl)c3c2C1)C=CCC4. The zero-order valence-corrected chi connectivity index (χ0v) is 13.0. The number of hydrogen-bond acceptors (Lipinski definition) is 1. The Morgan fingerprint density at radius 2 is 2.05 bits per heavy atom. The highest BCUT2D eigenvalue weighted by atomic mass is 35.5. The van der Waals surface area contributed by atoms with E-state index in [1.165, 1.54) is 28.5 Å². The van der Waals surface area contributed by atoms with Gasteiger partial charge in [0.15, 0.2) is 0 Å². The van der Waals surface area contributed by atoms with Crippen molar-refractivity contribution in [3.8, 4) is 5.75 Å². The summed E-state index contributed by atoms with van der Waals surface area (Å²) in [7, 11) is 0. The van der Waals surface area contributed by atoms with Crippen LogP contribution >= 0.6 is 11.6 Å². The smallest absolute Gasteiger partial charge is 0.142 e. The third-order valence-electron chi connectivity index (χ3n) is 5.05. The molecule has 2 aromatic rings. The summed E-state index contributed by atoms with van der Waals surface area (Å²) in [5, 5.41) is 13.4. The first-order valence-corrected chi connectivity index (χ1v) is 8.19.